The predicted molar refractivity (Wildman–Crippen MR) is 102 cm³/mol. The summed E-state index contributed by atoms with van der Waals surface area (Å²) in [5.74, 6) is -0.282. The van der Waals surface area contributed by atoms with Crippen LogP contribution in [-0.4, -0.2) is 18.1 Å². The van der Waals surface area contributed by atoms with E-state index >= 15 is 0 Å². The summed E-state index contributed by atoms with van der Waals surface area (Å²) in [7, 11) is 1.33. The fourth-order valence-corrected chi connectivity index (χ4v) is 3.20. The maximum atomic E-state index is 11.6. The fourth-order valence-electron chi connectivity index (χ4n) is 3.20. The van der Waals surface area contributed by atoms with Gasteiger partial charge in [0.15, 0.2) is 0 Å². The number of nitriles is 2. The molecule has 0 fully saturated rings. The summed E-state index contributed by atoms with van der Waals surface area (Å²) in [4.78, 5) is 15.9. The first-order valence-corrected chi connectivity index (χ1v) is 8.15. The second kappa shape index (κ2) is 6.78. The molecule has 1 heterocycles. The molecule has 0 saturated carbocycles. The van der Waals surface area contributed by atoms with Crippen molar-refractivity contribution in [2.24, 2.45) is 0 Å². The fraction of sp³-hybridized carbons (Fsp3) is 0.143. The lowest BCUT2D eigenvalue weighted by Crippen LogP contribution is -2.03. The molecule has 3 rings (SSSR count). The van der Waals surface area contributed by atoms with Crippen molar-refractivity contribution in [3.8, 4) is 12.1 Å². The Morgan fingerprint density at radius 1 is 1.19 bits per heavy atom. The number of nitrogen functional groups attached to an aromatic ring is 1. The van der Waals surface area contributed by atoms with Crippen molar-refractivity contribution in [3.05, 3.63) is 63.3 Å². The smallest absolute Gasteiger partial charge is 0.337 e. The first-order valence-electron chi connectivity index (χ1n) is 8.15. The van der Waals surface area contributed by atoms with Gasteiger partial charge in [-0.2, -0.15) is 10.5 Å². The van der Waals surface area contributed by atoms with Gasteiger partial charge in [-0.1, -0.05) is 12.1 Å². The molecule has 0 unspecified atom stereocenters. The highest BCUT2D eigenvalue weighted by atomic mass is 16.5. The molecule has 0 aliphatic heterocycles. The summed E-state index contributed by atoms with van der Waals surface area (Å²) in [5.41, 5.74) is 11.5. The van der Waals surface area contributed by atoms with Gasteiger partial charge in [0.25, 0.3) is 0 Å². The molecule has 0 spiro atoms. The van der Waals surface area contributed by atoms with E-state index in [1.165, 1.54) is 7.11 Å². The minimum absolute atomic E-state index is 0.123. The van der Waals surface area contributed by atoms with Crippen molar-refractivity contribution in [3.63, 3.8) is 0 Å². The minimum atomic E-state index is -0.405. The van der Waals surface area contributed by atoms with Gasteiger partial charge in [0.05, 0.1) is 29.5 Å². The van der Waals surface area contributed by atoms with Gasteiger partial charge in [0.2, 0.25) is 0 Å². The maximum absolute atomic E-state index is 11.6. The Balaban J connectivity index is 2.19. The normalized spacial score (nSPS) is 13.9. The van der Waals surface area contributed by atoms with Crippen LogP contribution in [-0.2, 0) is 4.74 Å². The minimum Gasteiger partial charge on any atom is -0.465 e. The number of aromatic nitrogens is 1. The van der Waals surface area contributed by atoms with Crippen molar-refractivity contribution in [1.29, 1.82) is 10.5 Å². The SMILES string of the molecule is COC(=O)c1ccc(/C=C2\C(C)=C(C#N)c3nc(N)c(C#N)c(C)c32)cc1. The zero-order chi connectivity index (χ0) is 19.7. The van der Waals surface area contributed by atoms with Crippen molar-refractivity contribution >= 4 is 29.0 Å². The average Bonchev–Trinajstić information content (AvgIpc) is 2.93. The molecule has 2 N–H and O–H groups in total. The van der Waals surface area contributed by atoms with Crippen LogP contribution in [0.15, 0.2) is 29.8 Å². The Labute approximate surface area is 156 Å². The molecular weight excluding hydrogens is 340 g/mol. The number of nitrogens with zero attached hydrogens (tertiary/aromatic N) is 3. The molecule has 27 heavy (non-hydrogen) atoms. The topological polar surface area (TPSA) is 113 Å². The Kier molecular flexibility index (Phi) is 4.50. The van der Waals surface area contributed by atoms with Gasteiger partial charge in [0, 0.05) is 5.56 Å². The van der Waals surface area contributed by atoms with E-state index in [4.69, 9.17) is 10.5 Å². The van der Waals surface area contributed by atoms with E-state index in [-0.39, 0.29) is 5.82 Å². The lowest BCUT2D eigenvalue weighted by molar-refractivity contribution is 0.0600. The van der Waals surface area contributed by atoms with Crippen molar-refractivity contribution in [1.82, 2.24) is 4.98 Å². The highest BCUT2D eigenvalue weighted by Crippen LogP contribution is 2.44. The number of anilines is 1. The van der Waals surface area contributed by atoms with Crippen LogP contribution in [0, 0.1) is 29.6 Å². The second-order valence-corrected chi connectivity index (χ2v) is 6.12. The molecule has 0 saturated heterocycles. The van der Waals surface area contributed by atoms with Crippen LogP contribution in [0.25, 0.3) is 17.2 Å². The van der Waals surface area contributed by atoms with E-state index in [0.29, 0.717) is 28.0 Å². The Bertz CT molecular complexity index is 1110. The van der Waals surface area contributed by atoms with Gasteiger partial charge >= 0.3 is 5.97 Å². The monoisotopic (exact) mass is 356 g/mol. The van der Waals surface area contributed by atoms with E-state index in [0.717, 1.165) is 22.3 Å². The highest BCUT2D eigenvalue weighted by Gasteiger charge is 2.29. The number of hydrogen-bond donors (Lipinski definition) is 1. The molecule has 0 amide bonds. The molecule has 6 heteroatoms. The van der Waals surface area contributed by atoms with Crippen molar-refractivity contribution in [2.75, 3.05) is 12.8 Å². The molecule has 1 aromatic carbocycles. The van der Waals surface area contributed by atoms with Crippen molar-refractivity contribution < 1.29 is 9.53 Å². The van der Waals surface area contributed by atoms with Gasteiger partial charge in [0.1, 0.15) is 18.0 Å². The van der Waals surface area contributed by atoms with E-state index in [1.807, 2.05) is 13.0 Å². The molecule has 132 valence electrons. The Hall–Kier alpha value is -3.90. The Morgan fingerprint density at radius 2 is 1.85 bits per heavy atom. The molecule has 0 radical (unpaired) electrons. The van der Waals surface area contributed by atoms with E-state index < -0.39 is 5.97 Å². The summed E-state index contributed by atoms with van der Waals surface area (Å²) in [6.07, 6.45) is 1.91. The van der Waals surface area contributed by atoms with Gasteiger partial charge in [-0.3, -0.25) is 0 Å². The molecule has 6 nitrogen and oxygen atoms in total. The quantitative estimate of drug-likeness (QED) is 0.824. The van der Waals surface area contributed by atoms with Crippen LogP contribution in [0.1, 0.15) is 45.2 Å². The van der Waals surface area contributed by atoms with Gasteiger partial charge in [-0.15, -0.1) is 0 Å². The number of esters is 1. The van der Waals surface area contributed by atoms with E-state index in [1.54, 1.807) is 31.2 Å². The third-order valence-electron chi connectivity index (χ3n) is 4.63. The summed E-state index contributed by atoms with van der Waals surface area (Å²) in [6, 6.07) is 11.2. The Morgan fingerprint density at radius 3 is 2.41 bits per heavy atom. The number of fused-ring (bicyclic) bond motifs is 1. The second-order valence-electron chi connectivity index (χ2n) is 6.12. The third-order valence-corrected chi connectivity index (χ3v) is 4.63. The molecule has 1 aliphatic carbocycles. The number of carbonyl (C=O) groups excluding carboxylic acids is 1. The molecule has 1 aliphatic rings. The largest absolute Gasteiger partial charge is 0.465 e. The highest BCUT2D eigenvalue weighted by molar-refractivity contribution is 6.08. The number of allylic oxidation sites excluding steroid dienone is 3. The third kappa shape index (κ3) is 2.84. The zero-order valence-corrected chi connectivity index (χ0v) is 15.1. The number of benzene rings is 1. The van der Waals surface area contributed by atoms with Crippen molar-refractivity contribution in [2.45, 2.75) is 13.8 Å². The first kappa shape index (κ1) is 17.9. The number of carbonyl (C=O) groups is 1. The lowest BCUT2D eigenvalue weighted by atomic mass is 9.95. The van der Waals surface area contributed by atoms with Crippen LogP contribution in [0.3, 0.4) is 0 Å². The van der Waals surface area contributed by atoms with Crippen LogP contribution < -0.4 is 5.73 Å². The van der Waals surface area contributed by atoms with Crippen LogP contribution in [0.5, 0.6) is 0 Å². The number of ether oxygens (including phenoxy) is 1. The average molecular weight is 356 g/mol. The molecule has 0 bridgehead atoms. The number of pyridine rings is 1. The summed E-state index contributed by atoms with van der Waals surface area (Å²) in [6.45, 7) is 3.65. The molecule has 2 aromatic rings. The molecule has 0 atom stereocenters. The van der Waals surface area contributed by atoms with Crippen LogP contribution in [0.2, 0.25) is 0 Å². The molecule has 1 aromatic heterocycles. The van der Waals surface area contributed by atoms with E-state index in [2.05, 4.69) is 17.1 Å². The summed E-state index contributed by atoms with van der Waals surface area (Å²) in [5, 5.41) is 19.0. The summed E-state index contributed by atoms with van der Waals surface area (Å²) < 4.78 is 4.71. The summed E-state index contributed by atoms with van der Waals surface area (Å²) >= 11 is 0. The standard InChI is InChI=1S/C21H16N4O2/c1-11-15(8-13-4-6-14(7-5-13)21(26)27-3)18-12(2)17(10-23)20(24)25-19(18)16(11)9-22/h4-8H,1-3H3,(H2,24,25)/b15-8+. The number of hydrogen-bond acceptors (Lipinski definition) is 6. The van der Waals surface area contributed by atoms with Crippen LogP contribution in [0.4, 0.5) is 5.82 Å². The number of rotatable bonds is 2. The number of nitrogens with two attached hydrogens (primary N) is 1. The van der Waals surface area contributed by atoms with Gasteiger partial charge < -0.3 is 10.5 Å². The van der Waals surface area contributed by atoms with Gasteiger partial charge in [-0.25, -0.2) is 9.78 Å². The lowest BCUT2D eigenvalue weighted by Gasteiger charge is -2.11. The predicted octanol–water partition coefficient (Wildman–Crippen LogP) is 3.48. The van der Waals surface area contributed by atoms with Crippen LogP contribution >= 0.6 is 0 Å². The molecular formula is C21H16N4O2. The van der Waals surface area contributed by atoms with Gasteiger partial charge in [-0.05, 0) is 54.3 Å². The van der Waals surface area contributed by atoms with E-state index in [9.17, 15) is 15.3 Å². The first-order chi connectivity index (χ1) is 12.9. The zero-order valence-electron chi connectivity index (χ0n) is 15.1. The number of methoxy groups -OCH3 is 1. The maximum Gasteiger partial charge on any atom is 0.337 e.